The summed E-state index contributed by atoms with van der Waals surface area (Å²) in [7, 11) is 5.49. The van der Waals surface area contributed by atoms with Gasteiger partial charge in [-0.25, -0.2) is 4.98 Å². The highest BCUT2D eigenvalue weighted by Gasteiger charge is 2.24. The molecule has 1 aliphatic heterocycles. The van der Waals surface area contributed by atoms with Crippen molar-refractivity contribution in [2.75, 3.05) is 57.6 Å². The van der Waals surface area contributed by atoms with Crippen molar-refractivity contribution in [1.82, 2.24) is 14.9 Å². The first-order valence-electron chi connectivity index (χ1n) is 13.9. The van der Waals surface area contributed by atoms with E-state index < -0.39 is 0 Å². The number of hydrogen-bond acceptors (Lipinski definition) is 7. The Morgan fingerprint density at radius 2 is 1.88 bits per heavy atom. The largest absolute Gasteiger partial charge is 0.495 e. The average molecular weight is 568 g/mol. The summed E-state index contributed by atoms with van der Waals surface area (Å²) in [5, 5.41) is 3.74. The SMILES string of the molecule is C=CC(=O)Nc1cc(-c2c(-c3ccc(N4CCN(C)CC4)cc3)[nH]c3ncc(/C(C=NC)=C/N)c(OC)c23)ccc1C.[HH].[HH]. The number of fused-ring (bicyclic) bond motifs is 1. The molecule has 0 radical (unpaired) electrons. The lowest BCUT2D eigenvalue weighted by Gasteiger charge is -2.34. The van der Waals surface area contributed by atoms with E-state index in [1.165, 1.54) is 18.0 Å². The zero-order valence-electron chi connectivity index (χ0n) is 24.6. The highest BCUT2D eigenvalue weighted by Crippen LogP contribution is 2.45. The number of nitrogens with one attached hydrogen (secondary N) is 2. The van der Waals surface area contributed by atoms with Crippen molar-refractivity contribution in [2.45, 2.75) is 6.92 Å². The summed E-state index contributed by atoms with van der Waals surface area (Å²) in [5.74, 6) is 0.354. The first-order valence-corrected chi connectivity index (χ1v) is 13.9. The lowest BCUT2D eigenvalue weighted by Crippen LogP contribution is -2.44. The van der Waals surface area contributed by atoms with Crippen molar-refractivity contribution < 1.29 is 12.4 Å². The third-order valence-electron chi connectivity index (χ3n) is 7.73. The van der Waals surface area contributed by atoms with E-state index in [1.54, 1.807) is 26.6 Å². The summed E-state index contributed by atoms with van der Waals surface area (Å²) in [6, 6.07) is 14.6. The molecule has 0 unspecified atom stereocenters. The van der Waals surface area contributed by atoms with Gasteiger partial charge < -0.3 is 30.6 Å². The minimum absolute atomic E-state index is 0. The number of ether oxygens (including phenoxy) is 1. The maximum absolute atomic E-state index is 12.2. The Bertz CT molecular complexity index is 1690. The predicted molar refractivity (Wildman–Crippen MR) is 178 cm³/mol. The van der Waals surface area contributed by atoms with Gasteiger partial charge in [-0.1, -0.05) is 30.8 Å². The second-order valence-electron chi connectivity index (χ2n) is 10.4. The first kappa shape index (κ1) is 28.6. The summed E-state index contributed by atoms with van der Waals surface area (Å²) in [4.78, 5) is 29.5. The molecule has 0 spiro atoms. The van der Waals surface area contributed by atoms with Crippen LogP contribution in [0, 0.1) is 6.92 Å². The fourth-order valence-electron chi connectivity index (χ4n) is 5.39. The normalized spacial score (nSPS) is 14.5. The van der Waals surface area contributed by atoms with Crippen LogP contribution in [0.25, 0.3) is 39.0 Å². The van der Waals surface area contributed by atoms with Gasteiger partial charge in [-0.2, -0.15) is 0 Å². The molecular formula is C33H41N7O2. The summed E-state index contributed by atoms with van der Waals surface area (Å²) in [6.07, 6.45) is 6.19. The van der Waals surface area contributed by atoms with Crippen LogP contribution in [0.2, 0.25) is 0 Å². The maximum atomic E-state index is 12.2. The number of rotatable bonds is 8. The summed E-state index contributed by atoms with van der Waals surface area (Å²) >= 11 is 0. The number of aryl methyl sites for hydroxylation is 1. The molecule has 3 heterocycles. The van der Waals surface area contributed by atoms with Crippen LogP contribution in [-0.4, -0.2) is 74.4 Å². The standard InChI is InChI=1S/C33H37N7O2.2H2/c1-6-28(41)37-27-17-23(8-7-21(27)2)29-30-32(42-5)26(24(18-34)19-35-3)20-36-33(30)38-31(29)22-9-11-25(12-10-22)40-15-13-39(4)14-16-40;;/h6-12,17-20H,1,13-16,34H2,2-5H3,(H,36,38)(H,37,41);2*1H/b24-18+,35-19?;;. The average Bonchev–Trinajstić information content (AvgIpc) is 3.40. The molecule has 4 N–H and O–H groups in total. The third-order valence-corrected chi connectivity index (χ3v) is 7.73. The van der Waals surface area contributed by atoms with Crippen LogP contribution in [-0.2, 0) is 4.79 Å². The highest BCUT2D eigenvalue weighted by atomic mass is 16.5. The number of carbonyl (C=O) groups excluding carboxylic acids is 1. The second kappa shape index (κ2) is 12.3. The molecule has 9 heteroatoms. The number of aliphatic imine (C=N–C) groups is 1. The molecule has 9 nitrogen and oxygen atoms in total. The molecule has 5 rings (SSSR count). The molecule has 4 aromatic rings. The number of pyridine rings is 1. The zero-order valence-corrected chi connectivity index (χ0v) is 24.6. The minimum Gasteiger partial charge on any atom is -0.495 e. The lowest BCUT2D eigenvalue weighted by molar-refractivity contribution is -0.111. The molecule has 0 aliphatic carbocycles. The van der Waals surface area contributed by atoms with Crippen molar-refractivity contribution in [3.05, 3.63) is 78.6 Å². The second-order valence-corrected chi connectivity index (χ2v) is 10.4. The van der Waals surface area contributed by atoms with E-state index in [0.717, 1.165) is 65.1 Å². The molecule has 0 atom stereocenters. The van der Waals surface area contributed by atoms with Gasteiger partial charge in [0.1, 0.15) is 11.4 Å². The van der Waals surface area contributed by atoms with Crippen molar-refractivity contribution in [3.8, 4) is 28.1 Å². The molecule has 42 heavy (non-hydrogen) atoms. The Hall–Kier alpha value is -4.89. The first-order chi connectivity index (χ1) is 20.4. The summed E-state index contributed by atoms with van der Waals surface area (Å²) in [6.45, 7) is 9.64. The van der Waals surface area contributed by atoms with Gasteiger partial charge in [0.15, 0.2) is 0 Å². The molecular weight excluding hydrogens is 526 g/mol. The number of aromatic amines is 1. The highest BCUT2D eigenvalue weighted by molar-refractivity contribution is 6.15. The Kier molecular flexibility index (Phi) is 8.40. The number of carbonyl (C=O) groups is 1. The number of likely N-dealkylation sites (N-methyl/N-ethyl adjacent to an activating group) is 1. The van der Waals surface area contributed by atoms with Crippen molar-refractivity contribution >= 4 is 40.1 Å². The monoisotopic (exact) mass is 567 g/mol. The van der Waals surface area contributed by atoms with Crippen LogP contribution in [0.1, 0.15) is 14.0 Å². The van der Waals surface area contributed by atoms with Gasteiger partial charge in [0, 0.05) is 82.8 Å². The quantitative estimate of drug-likeness (QED) is 0.189. The van der Waals surface area contributed by atoms with Gasteiger partial charge in [0.25, 0.3) is 0 Å². The number of methoxy groups -OCH3 is 1. The van der Waals surface area contributed by atoms with Gasteiger partial charge in [-0.05, 0) is 54.9 Å². The van der Waals surface area contributed by atoms with E-state index in [-0.39, 0.29) is 8.76 Å². The maximum Gasteiger partial charge on any atom is 0.247 e. The Morgan fingerprint density at radius 1 is 1.17 bits per heavy atom. The number of nitrogens with zero attached hydrogens (tertiary/aromatic N) is 4. The fraction of sp³-hybridized carbons (Fsp3) is 0.242. The molecule has 1 saturated heterocycles. The van der Waals surface area contributed by atoms with E-state index in [4.69, 9.17) is 15.5 Å². The topological polar surface area (TPSA) is 112 Å². The van der Waals surface area contributed by atoms with E-state index in [1.807, 2.05) is 25.1 Å². The third kappa shape index (κ3) is 5.51. The van der Waals surface area contributed by atoms with Crippen molar-refractivity contribution in [2.24, 2.45) is 10.7 Å². The number of allylic oxidation sites excluding steroid dienone is 1. The minimum atomic E-state index is -0.271. The number of hydrogen-bond donors (Lipinski definition) is 3. The van der Waals surface area contributed by atoms with E-state index >= 15 is 0 Å². The molecule has 0 saturated carbocycles. The van der Waals surface area contributed by atoms with Crippen LogP contribution in [0.3, 0.4) is 0 Å². The van der Waals surface area contributed by atoms with E-state index in [9.17, 15) is 4.79 Å². The molecule has 1 amide bonds. The number of nitrogens with two attached hydrogens (primary N) is 1. The van der Waals surface area contributed by atoms with Gasteiger partial charge >= 0.3 is 0 Å². The lowest BCUT2D eigenvalue weighted by atomic mass is 9.95. The van der Waals surface area contributed by atoms with Crippen molar-refractivity contribution in [3.63, 3.8) is 0 Å². The summed E-state index contributed by atoms with van der Waals surface area (Å²) in [5.41, 5.74) is 14.6. The van der Waals surface area contributed by atoms with Gasteiger partial charge in [0.05, 0.1) is 18.2 Å². The fourth-order valence-corrected chi connectivity index (χ4v) is 5.39. The predicted octanol–water partition coefficient (Wildman–Crippen LogP) is 5.58. The molecule has 2 aromatic heterocycles. The molecule has 220 valence electrons. The van der Waals surface area contributed by atoms with Crippen molar-refractivity contribution in [1.29, 1.82) is 0 Å². The van der Waals surface area contributed by atoms with Crippen LogP contribution >= 0.6 is 0 Å². The molecule has 0 bridgehead atoms. The number of benzene rings is 2. The zero-order chi connectivity index (χ0) is 29.8. The van der Waals surface area contributed by atoms with Crippen LogP contribution in [0.15, 0.2) is 72.5 Å². The van der Waals surface area contributed by atoms with E-state index in [0.29, 0.717) is 22.7 Å². The Labute approximate surface area is 249 Å². The van der Waals surface area contributed by atoms with Crippen LogP contribution in [0.4, 0.5) is 11.4 Å². The number of piperazine rings is 1. The van der Waals surface area contributed by atoms with Gasteiger partial charge in [-0.15, -0.1) is 0 Å². The van der Waals surface area contributed by atoms with Gasteiger partial charge in [-0.3, -0.25) is 9.79 Å². The Morgan fingerprint density at radius 3 is 2.52 bits per heavy atom. The number of aromatic nitrogens is 2. The Balaban J connectivity index is 0.00000264. The van der Waals surface area contributed by atoms with Crippen LogP contribution < -0.4 is 20.7 Å². The van der Waals surface area contributed by atoms with Crippen LogP contribution in [0.5, 0.6) is 5.75 Å². The van der Waals surface area contributed by atoms with E-state index in [2.05, 4.69) is 63.0 Å². The number of anilines is 2. The van der Waals surface area contributed by atoms with Gasteiger partial charge in [0.2, 0.25) is 5.91 Å². The molecule has 1 aliphatic rings. The smallest absolute Gasteiger partial charge is 0.247 e. The summed E-state index contributed by atoms with van der Waals surface area (Å²) < 4.78 is 6.03. The number of H-pyrrole nitrogens is 1. The number of amides is 1. The molecule has 1 fully saturated rings. The molecule has 2 aromatic carbocycles.